The summed E-state index contributed by atoms with van der Waals surface area (Å²) in [5, 5.41) is 3.11. The van der Waals surface area contributed by atoms with Crippen LogP contribution in [0.15, 0.2) is 24.3 Å². The number of benzene rings is 1. The molecule has 128 valence electrons. The summed E-state index contributed by atoms with van der Waals surface area (Å²) in [6.07, 6.45) is -0.958. The SMILES string of the molecule is COc1ccc(Cl)cc1NC(=O)[C@@H](C)OC(=O)c1cc(C)sc1C. The Morgan fingerprint density at radius 3 is 2.54 bits per heavy atom. The number of amides is 1. The number of rotatable bonds is 5. The van der Waals surface area contributed by atoms with Gasteiger partial charge in [0.05, 0.1) is 18.4 Å². The molecule has 7 heteroatoms. The first-order valence-corrected chi connectivity index (χ1v) is 8.43. The van der Waals surface area contributed by atoms with Crippen LogP contribution in [0.3, 0.4) is 0 Å². The molecule has 0 unspecified atom stereocenters. The number of nitrogens with one attached hydrogen (secondary N) is 1. The van der Waals surface area contributed by atoms with Crippen molar-refractivity contribution in [1.82, 2.24) is 0 Å². The van der Waals surface area contributed by atoms with E-state index in [1.807, 2.05) is 13.8 Å². The van der Waals surface area contributed by atoms with Gasteiger partial charge in [0.15, 0.2) is 6.10 Å². The third-order valence-electron chi connectivity index (χ3n) is 3.33. The third-order valence-corrected chi connectivity index (χ3v) is 4.53. The van der Waals surface area contributed by atoms with Crippen LogP contribution in [0.1, 0.15) is 27.0 Å². The fourth-order valence-corrected chi connectivity index (χ4v) is 3.21. The predicted molar refractivity (Wildman–Crippen MR) is 95.3 cm³/mol. The first kappa shape index (κ1) is 18.3. The van der Waals surface area contributed by atoms with Crippen LogP contribution in [0.5, 0.6) is 5.75 Å². The Labute approximate surface area is 149 Å². The molecule has 2 aromatic rings. The Hall–Kier alpha value is -2.05. The maximum Gasteiger partial charge on any atom is 0.340 e. The topological polar surface area (TPSA) is 64.6 Å². The van der Waals surface area contributed by atoms with E-state index in [2.05, 4.69) is 5.32 Å². The summed E-state index contributed by atoms with van der Waals surface area (Å²) < 4.78 is 10.4. The van der Waals surface area contributed by atoms with Crippen molar-refractivity contribution >= 4 is 40.5 Å². The number of hydrogen-bond acceptors (Lipinski definition) is 5. The van der Waals surface area contributed by atoms with E-state index in [-0.39, 0.29) is 0 Å². The molecule has 0 aliphatic rings. The van der Waals surface area contributed by atoms with Gasteiger partial charge in [0, 0.05) is 14.8 Å². The number of esters is 1. The highest BCUT2D eigenvalue weighted by Crippen LogP contribution is 2.28. The first-order valence-electron chi connectivity index (χ1n) is 7.24. The summed E-state index contributed by atoms with van der Waals surface area (Å²) in [6.45, 7) is 5.27. The standard InChI is InChI=1S/C17H18ClNO4S/c1-9-7-13(11(3)24-9)17(21)23-10(2)16(20)19-14-8-12(18)5-6-15(14)22-4/h5-8,10H,1-4H3,(H,19,20)/t10-/m1/s1. The molecule has 1 heterocycles. The summed E-state index contributed by atoms with van der Waals surface area (Å²) >= 11 is 7.44. The fourth-order valence-electron chi connectivity index (χ4n) is 2.12. The van der Waals surface area contributed by atoms with Gasteiger partial charge in [-0.05, 0) is 45.0 Å². The molecule has 0 saturated heterocycles. The van der Waals surface area contributed by atoms with E-state index in [1.165, 1.54) is 25.4 Å². The molecule has 1 aromatic heterocycles. The number of thiophene rings is 1. The smallest absolute Gasteiger partial charge is 0.340 e. The van der Waals surface area contributed by atoms with E-state index in [9.17, 15) is 9.59 Å². The van der Waals surface area contributed by atoms with Crippen LogP contribution in [0.25, 0.3) is 0 Å². The molecular weight excluding hydrogens is 350 g/mol. The average Bonchev–Trinajstić information content (AvgIpc) is 2.86. The van der Waals surface area contributed by atoms with Crippen molar-refractivity contribution in [3.05, 3.63) is 44.6 Å². The van der Waals surface area contributed by atoms with Crippen LogP contribution in [0, 0.1) is 13.8 Å². The largest absolute Gasteiger partial charge is 0.495 e. The monoisotopic (exact) mass is 367 g/mol. The zero-order valence-corrected chi connectivity index (χ0v) is 15.4. The van der Waals surface area contributed by atoms with Gasteiger partial charge in [0.25, 0.3) is 5.91 Å². The Bertz CT molecular complexity index is 772. The lowest BCUT2D eigenvalue weighted by Gasteiger charge is -2.15. The fraction of sp³-hybridized carbons (Fsp3) is 0.294. The van der Waals surface area contributed by atoms with E-state index in [0.717, 1.165) is 9.75 Å². The molecule has 0 aliphatic carbocycles. The number of halogens is 1. The van der Waals surface area contributed by atoms with Gasteiger partial charge >= 0.3 is 5.97 Å². The maximum atomic E-state index is 12.3. The summed E-state index contributed by atoms with van der Waals surface area (Å²) in [7, 11) is 1.49. The number of carbonyl (C=O) groups is 2. The molecule has 1 amide bonds. The molecule has 0 spiro atoms. The first-order chi connectivity index (χ1) is 11.3. The number of hydrogen-bond donors (Lipinski definition) is 1. The van der Waals surface area contributed by atoms with Gasteiger partial charge in [0.1, 0.15) is 5.75 Å². The lowest BCUT2D eigenvalue weighted by Crippen LogP contribution is -2.30. The quantitative estimate of drug-likeness (QED) is 0.804. The second kappa shape index (κ2) is 7.68. The Kier molecular flexibility index (Phi) is 5.85. The van der Waals surface area contributed by atoms with Crippen LogP contribution in [0.2, 0.25) is 5.02 Å². The lowest BCUT2D eigenvalue weighted by molar-refractivity contribution is -0.123. The lowest BCUT2D eigenvalue weighted by atomic mass is 10.2. The Balaban J connectivity index is 2.06. The van der Waals surface area contributed by atoms with E-state index in [0.29, 0.717) is 22.0 Å². The molecule has 1 atom stereocenters. The molecule has 5 nitrogen and oxygen atoms in total. The number of anilines is 1. The number of methoxy groups -OCH3 is 1. The van der Waals surface area contributed by atoms with Gasteiger partial charge in [-0.1, -0.05) is 11.6 Å². The number of carbonyl (C=O) groups excluding carboxylic acids is 2. The molecular formula is C17H18ClNO4S. The highest BCUT2D eigenvalue weighted by atomic mass is 35.5. The third kappa shape index (κ3) is 4.27. The molecule has 0 radical (unpaired) electrons. The van der Waals surface area contributed by atoms with Gasteiger partial charge in [-0.3, -0.25) is 4.79 Å². The minimum absolute atomic E-state index is 0.417. The van der Waals surface area contributed by atoms with Gasteiger partial charge < -0.3 is 14.8 Å². The highest BCUT2D eigenvalue weighted by Gasteiger charge is 2.22. The molecule has 24 heavy (non-hydrogen) atoms. The minimum atomic E-state index is -0.958. The van der Waals surface area contributed by atoms with Crippen molar-refractivity contribution in [1.29, 1.82) is 0 Å². The van der Waals surface area contributed by atoms with Gasteiger partial charge in [-0.25, -0.2) is 4.79 Å². The van der Waals surface area contributed by atoms with Crippen molar-refractivity contribution in [3.63, 3.8) is 0 Å². The molecule has 0 fully saturated rings. The van der Waals surface area contributed by atoms with Crippen molar-refractivity contribution in [2.24, 2.45) is 0 Å². The van der Waals surface area contributed by atoms with Crippen LogP contribution in [-0.2, 0) is 9.53 Å². The van der Waals surface area contributed by atoms with E-state index in [1.54, 1.807) is 24.3 Å². The van der Waals surface area contributed by atoms with Crippen molar-refractivity contribution in [2.45, 2.75) is 26.9 Å². The molecule has 2 rings (SSSR count). The number of ether oxygens (including phenoxy) is 2. The van der Waals surface area contributed by atoms with Crippen molar-refractivity contribution in [3.8, 4) is 5.75 Å². The highest BCUT2D eigenvalue weighted by molar-refractivity contribution is 7.12. The van der Waals surface area contributed by atoms with Gasteiger partial charge in [0.2, 0.25) is 0 Å². The average molecular weight is 368 g/mol. The molecule has 0 aliphatic heterocycles. The summed E-state index contributed by atoms with van der Waals surface area (Å²) in [5.74, 6) is -0.512. The molecule has 1 aromatic carbocycles. The maximum absolute atomic E-state index is 12.3. The van der Waals surface area contributed by atoms with Crippen LogP contribution in [-0.4, -0.2) is 25.1 Å². The zero-order valence-electron chi connectivity index (χ0n) is 13.8. The summed E-state index contributed by atoms with van der Waals surface area (Å²) in [6, 6.07) is 6.62. The zero-order chi connectivity index (χ0) is 17.9. The second-order valence-corrected chi connectivity index (χ2v) is 7.11. The van der Waals surface area contributed by atoms with Crippen molar-refractivity contribution < 1.29 is 19.1 Å². The Morgan fingerprint density at radius 2 is 1.96 bits per heavy atom. The molecule has 0 bridgehead atoms. The van der Waals surface area contributed by atoms with Crippen LogP contribution >= 0.6 is 22.9 Å². The van der Waals surface area contributed by atoms with Gasteiger partial charge in [-0.2, -0.15) is 0 Å². The summed E-state index contributed by atoms with van der Waals surface area (Å²) in [5.41, 5.74) is 0.901. The van der Waals surface area contributed by atoms with Crippen LogP contribution in [0.4, 0.5) is 5.69 Å². The van der Waals surface area contributed by atoms with Crippen LogP contribution < -0.4 is 10.1 Å². The number of aryl methyl sites for hydroxylation is 2. The van der Waals surface area contributed by atoms with E-state index >= 15 is 0 Å². The normalized spacial score (nSPS) is 11.7. The Morgan fingerprint density at radius 1 is 1.25 bits per heavy atom. The van der Waals surface area contributed by atoms with Gasteiger partial charge in [-0.15, -0.1) is 11.3 Å². The summed E-state index contributed by atoms with van der Waals surface area (Å²) in [4.78, 5) is 26.3. The van der Waals surface area contributed by atoms with E-state index in [4.69, 9.17) is 21.1 Å². The van der Waals surface area contributed by atoms with Crippen molar-refractivity contribution in [2.75, 3.05) is 12.4 Å². The predicted octanol–water partition coefficient (Wildman–Crippen LogP) is 4.21. The second-order valence-electron chi connectivity index (χ2n) is 5.21. The molecule has 1 N–H and O–H groups in total. The minimum Gasteiger partial charge on any atom is -0.495 e. The molecule has 0 saturated carbocycles. The van der Waals surface area contributed by atoms with E-state index < -0.39 is 18.0 Å².